The second kappa shape index (κ2) is 7.50. The predicted molar refractivity (Wildman–Crippen MR) is 103 cm³/mol. The summed E-state index contributed by atoms with van der Waals surface area (Å²) in [5, 5.41) is 0. The Morgan fingerprint density at radius 2 is 1.69 bits per heavy atom. The smallest absolute Gasteiger partial charge is 0.229 e. The molecule has 0 saturated carbocycles. The Morgan fingerprint density at radius 1 is 1.04 bits per heavy atom. The summed E-state index contributed by atoms with van der Waals surface area (Å²) in [6.07, 6.45) is 0.984. The van der Waals surface area contributed by atoms with Crippen molar-refractivity contribution in [3.8, 4) is 11.1 Å². The van der Waals surface area contributed by atoms with Crippen LogP contribution in [-0.2, 0) is 19.9 Å². The van der Waals surface area contributed by atoms with Crippen molar-refractivity contribution in [2.24, 2.45) is 0 Å². The zero-order valence-corrected chi connectivity index (χ0v) is 16.3. The van der Waals surface area contributed by atoms with Gasteiger partial charge in [0.15, 0.2) is 9.84 Å². The highest BCUT2D eigenvalue weighted by Crippen LogP contribution is 2.32. The van der Waals surface area contributed by atoms with Gasteiger partial charge in [-0.1, -0.05) is 55.5 Å². The monoisotopic (exact) mass is 393 g/mol. The van der Waals surface area contributed by atoms with Crippen LogP contribution in [0.5, 0.6) is 0 Å². The van der Waals surface area contributed by atoms with Crippen LogP contribution in [0.1, 0.15) is 19.8 Å². The lowest BCUT2D eigenvalue weighted by Gasteiger charge is -2.28. The summed E-state index contributed by atoms with van der Waals surface area (Å²) in [6.45, 7) is 2.21. The van der Waals surface area contributed by atoms with E-state index in [2.05, 4.69) is 0 Å². The Labute approximate surface area is 155 Å². The third kappa shape index (κ3) is 3.84. The van der Waals surface area contributed by atoms with E-state index in [4.69, 9.17) is 0 Å². The number of benzene rings is 2. The fraction of sp³-hybridized carbons (Fsp3) is 0.368. The van der Waals surface area contributed by atoms with E-state index in [-0.39, 0.29) is 16.4 Å². The molecule has 5 nitrogen and oxygen atoms in total. The maximum Gasteiger partial charge on any atom is 0.243 e. The van der Waals surface area contributed by atoms with Crippen LogP contribution in [0.2, 0.25) is 0 Å². The van der Waals surface area contributed by atoms with E-state index < -0.39 is 25.9 Å². The zero-order valence-electron chi connectivity index (χ0n) is 14.7. The first kappa shape index (κ1) is 19.1. The van der Waals surface area contributed by atoms with Crippen LogP contribution in [0.3, 0.4) is 0 Å². The number of hydrogen-bond acceptors (Lipinski definition) is 4. The van der Waals surface area contributed by atoms with Crippen LogP contribution in [-0.4, -0.2) is 45.2 Å². The summed E-state index contributed by atoms with van der Waals surface area (Å²) < 4.78 is 52.0. The van der Waals surface area contributed by atoms with Gasteiger partial charge >= 0.3 is 0 Å². The summed E-state index contributed by atoms with van der Waals surface area (Å²) in [5.74, 6) is -0.0481. The van der Waals surface area contributed by atoms with Gasteiger partial charge in [0.25, 0.3) is 0 Å². The van der Waals surface area contributed by atoms with Gasteiger partial charge in [0.1, 0.15) is 0 Å². The lowest BCUT2D eigenvalue weighted by molar-refractivity contribution is 0.340. The molecule has 26 heavy (non-hydrogen) atoms. The van der Waals surface area contributed by atoms with Crippen LogP contribution in [0.15, 0.2) is 59.5 Å². The second-order valence-electron chi connectivity index (χ2n) is 6.53. The molecule has 0 bridgehead atoms. The van der Waals surface area contributed by atoms with Crippen LogP contribution in [0.25, 0.3) is 11.1 Å². The highest BCUT2D eigenvalue weighted by molar-refractivity contribution is 7.92. The van der Waals surface area contributed by atoms with E-state index in [0.29, 0.717) is 24.9 Å². The van der Waals surface area contributed by atoms with Gasteiger partial charge in [0, 0.05) is 18.2 Å². The molecule has 7 heteroatoms. The molecule has 140 valence electrons. The first-order valence-electron chi connectivity index (χ1n) is 8.72. The van der Waals surface area contributed by atoms with Gasteiger partial charge in [-0.2, -0.15) is 4.31 Å². The van der Waals surface area contributed by atoms with Gasteiger partial charge in [-0.15, -0.1) is 0 Å². The standard InChI is InChI=1S/C19H23NO4S2/c1-2-13-20(17-12-14-25(21,22)15-17)26(23,24)19-11-7-6-10-18(19)16-8-4-3-5-9-16/h3-11,17H,2,12-15H2,1H3. The van der Waals surface area contributed by atoms with Crippen molar-refractivity contribution in [1.82, 2.24) is 4.31 Å². The van der Waals surface area contributed by atoms with E-state index in [1.807, 2.05) is 43.3 Å². The van der Waals surface area contributed by atoms with Gasteiger partial charge in [-0.25, -0.2) is 16.8 Å². The minimum absolute atomic E-state index is 0.0493. The quantitative estimate of drug-likeness (QED) is 0.756. The second-order valence-corrected chi connectivity index (χ2v) is 10.6. The highest BCUT2D eigenvalue weighted by Gasteiger charge is 2.39. The van der Waals surface area contributed by atoms with Crippen LogP contribution >= 0.6 is 0 Å². The Kier molecular flexibility index (Phi) is 5.50. The summed E-state index contributed by atoms with van der Waals surface area (Å²) in [6, 6.07) is 15.8. The molecule has 1 heterocycles. The number of sulfonamides is 1. The average Bonchev–Trinajstić information content (AvgIpc) is 2.99. The molecule has 1 fully saturated rings. The van der Waals surface area contributed by atoms with Gasteiger partial charge in [0.05, 0.1) is 16.4 Å². The van der Waals surface area contributed by atoms with Crippen LogP contribution in [0.4, 0.5) is 0 Å². The van der Waals surface area contributed by atoms with Crippen molar-refractivity contribution in [2.45, 2.75) is 30.7 Å². The van der Waals surface area contributed by atoms with Gasteiger partial charge in [-0.05, 0) is 24.5 Å². The molecule has 0 aliphatic carbocycles. The molecule has 1 aliphatic rings. The normalized spacial score (nSPS) is 19.7. The van der Waals surface area contributed by atoms with Gasteiger partial charge in [0.2, 0.25) is 10.0 Å². The molecule has 2 aromatic rings. The molecular weight excluding hydrogens is 370 g/mol. The minimum Gasteiger partial charge on any atom is -0.229 e. The van der Waals surface area contributed by atoms with E-state index in [9.17, 15) is 16.8 Å². The average molecular weight is 394 g/mol. The van der Waals surface area contributed by atoms with Crippen LogP contribution < -0.4 is 0 Å². The summed E-state index contributed by atoms with van der Waals surface area (Å²) in [4.78, 5) is 0.226. The number of nitrogens with zero attached hydrogens (tertiary/aromatic N) is 1. The van der Waals surface area contributed by atoms with Gasteiger partial charge < -0.3 is 0 Å². The molecule has 0 spiro atoms. The molecule has 3 rings (SSSR count). The number of sulfone groups is 1. The summed E-state index contributed by atoms with van der Waals surface area (Å²) in [5.41, 5.74) is 1.46. The Bertz CT molecular complexity index is 970. The maximum absolute atomic E-state index is 13.4. The molecule has 0 aromatic heterocycles. The van der Waals surface area contributed by atoms with Crippen molar-refractivity contribution in [2.75, 3.05) is 18.1 Å². The number of rotatable bonds is 6. The van der Waals surface area contributed by atoms with E-state index >= 15 is 0 Å². The summed E-state index contributed by atoms with van der Waals surface area (Å²) in [7, 11) is -6.98. The van der Waals surface area contributed by atoms with E-state index in [0.717, 1.165) is 5.56 Å². The van der Waals surface area contributed by atoms with E-state index in [1.165, 1.54) is 4.31 Å². The zero-order chi connectivity index (χ0) is 18.8. The van der Waals surface area contributed by atoms with E-state index in [1.54, 1.807) is 18.2 Å². The maximum atomic E-state index is 13.4. The van der Waals surface area contributed by atoms with Crippen molar-refractivity contribution < 1.29 is 16.8 Å². The number of hydrogen-bond donors (Lipinski definition) is 0. The van der Waals surface area contributed by atoms with Crippen molar-refractivity contribution in [3.63, 3.8) is 0 Å². The first-order chi connectivity index (χ1) is 12.3. The fourth-order valence-electron chi connectivity index (χ4n) is 3.40. The molecule has 0 amide bonds. The Balaban J connectivity index is 2.07. The third-order valence-corrected chi connectivity index (χ3v) is 8.38. The first-order valence-corrected chi connectivity index (χ1v) is 12.0. The topological polar surface area (TPSA) is 71.5 Å². The Morgan fingerprint density at radius 3 is 2.31 bits per heavy atom. The molecule has 1 unspecified atom stereocenters. The molecule has 1 atom stereocenters. The van der Waals surface area contributed by atoms with Crippen LogP contribution in [0, 0.1) is 0 Å². The molecule has 1 saturated heterocycles. The highest BCUT2D eigenvalue weighted by atomic mass is 32.2. The lowest BCUT2D eigenvalue weighted by atomic mass is 10.1. The summed E-state index contributed by atoms with van der Waals surface area (Å²) >= 11 is 0. The molecule has 2 aromatic carbocycles. The van der Waals surface area contributed by atoms with Crippen molar-refractivity contribution >= 4 is 19.9 Å². The molecular formula is C19H23NO4S2. The fourth-order valence-corrected chi connectivity index (χ4v) is 7.18. The predicted octanol–water partition coefficient (Wildman–Crippen LogP) is 2.94. The minimum atomic E-state index is -3.81. The van der Waals surface area contributed by atoms with Gasteiger partial charge in [-0.3, -0.25) is 0 Å². The Hall–Kier alpha value is -1.70. The largest absolute Gasteiger partial charge is 0.243 e. The third-order valence-electron chi connectivity index (χ3n) is 4.62. The van der Waals surface area contributed by atoms with Crippen molar-refractivity contribution in [1.29, 1.82) is 0 Å². The molecule has 0 radical (unpaired) electrons. The molecule has 1 aliphatic heterocycles. The lowest BCUT2D eigenvalue weighted by Crippen LogP contribution is -2.41. The molecule has 0 N–H and O–H groups in total. The SMILES string of the molecule is CCCN(C1CCS(=O)(=O)C1)S(=O)(=O)c1ccccc1-c1ccccc1. The van der Waals surface area contributed by atoms with Crippen molar-refractivity contribution in [3.05, 3.63) is 54.6 Å².